The third-order valence-corrected chi connectivity index (χ3v) is 7.76. The Hall–Kier alpha value is -2.57. The molecule has 3 atom stereocenters. The van der Waals surface area contributed by atoms with Crippen molar-refractivity contribution in [1.82, 2.24) is 10.6 Å². The largest absolute Gasteiger partial charge is 0.467 e. The first-order valence-corrected chi connectivity index (χ1v) is 15.6. The van der Waals surface area contributed by atoms with Crippen LogP contribution in [0.1, 0.15) is 38.3 Å². The Labute approximate surface area is 232 Å². The van der Waals surface area contributed by atoms with E-state index in [0.29, 0.717) is 16.9 Å². The van der Waals surface area contributed by atoms with Gasteiger partial charge in [-0.1, -0.05) is 50.2 Å². The molecule has 39 heavy (non-hydrogen) atoms. The number of amides is 1. The van der Waals surface area contributed by atoms with Crippen molar-refractivity contribution >= 4 is 33.5 Å². The zero-order valence-electron chi connectivity index (χ0n) is 22.5. The minimum atomic E-state index is -4.71. The molecule has 2 aromatic carbocycles. The molecule has 0 aromatic heterocycles. The van der Waals surface area contributed by atoms with Gasteiger partial charge in [-0.15, -0.1) is 0 Å². The Morgan fingerprint density at radius 3 is 1.95 bits per heavy atom. The third-order valence-electron chi connectivity index (χ3n) is 5.99. The number of esters is 1. The van der Waals surface area contributed by atoms with Crippen LogP contribution in [0, 0.1) is 5.92 Å². The molecule has 1 amide bonds. The lowest BCUT2D eigenvalue weighted by Gasteiger charge is -2.29. The number of benzene rings is 2. The molecule has 0 radical (unpaired) electrons. The summed E-state index contributed by atoms with van der Waals surface area (Å²) < 4.78 is 70.8. The predicted molar refractivity (Wildman–Crippen MR) is 147 cm³/mol. The van der Waals surface area contributed by atoms with Crippen LogP contribution in [0.2, 0.25) is 0 Å². The van der Waals surface area contributed by atoms with Crippen molar-refractivity contribution in [3.05, 3.63) is 54.1 Å². The molecule has 2 N–H and O–H groups in total. The quantitative estimate of drug-likeness (QED) is 0.325. The summed E-state index contributed by atoms with van der Waals surface area (Å²) in [5.74, 6) is -0.927. The molecule has 2 aromatic rings. The van der Waals surface area contributed by atoms with Gasteiger partial charge in [-0.3, -0.25) is 10.1 Å². The van der Waals surface area contributed by atoms with Crippen LogP contribution in [-0.2, 0) is 24.2 Å². The zero-order chi connectivity index (χ0) is 29.4. The van der Waals surface area contributed by atoms with E-state index in [2.05, 4.69) is 10.6 Å². The number of methoxy groups -OCH3 is 1. The highest BCUT2D eigenvalue weighted by atomic mass is 32.2. The molecular formula is C27H35F3N2O5S2. The van der Waals surface area contributed by atoms with Crippen LogP contribution in [0.15, 0.2) is 53.4 Å². The normalized spacial score (nSPS) is 14.5. The number of rotatable bonds is 13. The summed E-state index contributed by atoms with van der Waals surface area (Å²) in [4.78, 5) is 25.4. The highest BCUT2D eigenvalue weighted by Crippen LogP contribution is 2.35. The van der Waals surface area contributed by atoms with Crippen LogP contribution in [-0.4, -0.2) is 63.9 Å². The molecule has 0 unspecified atom stereocenters. The van der Waals surface area contributed by atoms with Crippen LogP contribution in [0.3, 0.4) is 0 Å². The first-order chi connectivity index (χ1) is 18.2. The van der Waals surface area contributed by atoms with E-state index in [0.717, 1.165) is 6.26 Å². The van der Waals surface area contributed by atoms with Gasteiger partial charge < -0.3 is 10.1 Å². The van der Waals surface area contributed by atoms with Crippen LogP contribution < -0.4 is 10.6 Å². The number of hydrogen-bond donors (Lipinski definition) is 2. The molecule has 12 heteroatoms. The average molecular weight is 589 g/mol. The number of carbonyl (C=O) groups excluding carboxylic acids is 2. The fraction of sp³-hybridized carbons (Fsp3) is 0.481. The highest BCUT2D eigenvalue weighted by Gasteiger charge is 2.43. The van der Waals surface area contributed by atoms with Crippen molar-refractivity contribution in [2.24, 2.45) is 5.92 Å². The fourth-order valence-corrected chi connectivity index (χ4v) is 5.07. The number of halogens is 3. The zero-order valence-corrected chi connectivity index (χ0v) is 24.2. The van der Waals surface area contributed by atoms with Gasteiger partial charge in [-0.2, -0.15) is 24.9 Å². The van der Waals surface area contributed by atoms with Gasteiger partial charge in [0.05, 0.1) is 18.0 Å². The maximum atomic E-state index is 14.2. The van der Waals surface area contributed by atoms with Crippen LogP contribution in [0.5, 0.6) is 0 Å². The second kappa shape index (κ2) is 14.2. The number of hydrogen-bond acceptors (Lipinski definition) is 7. The monoisotopic (exact) mass is 588 g/mol. The van der Waals surface area contributed by atoms with Crippen LogP contribution in [0.4, 0.5) is 13.2 Å². The van der Waals surface area contributed by atoms with Crippen LogP contribution in [0.25, 0.3) is 11.1 Å². The third kappa shape index (κ3) is 9.84. The first kappa shape index (κ1) is 32.6. The number of thioether (sulfide) groups is 1. The topological polar surface area (TPSA) is 102 Å². The molecule has 0 saturated carbocycles. The maximum absolute atomic E-state index is 14.2. The summed E-state index contributed by atoms with van der Waals surface area (Å²) >= 11 is 1.47. The SMILES string of the molecule is COC(=O)[C@H](CCSC)NC(=O)[C@H](CC(C)C)N[C@@H](c1ccc(-c2ccc(S(C)(=O)=O)cc2)cc1)C(F)(F)F. The average Bonchev–Trinajstić information content (AvgIpc) is 2.87. The molecule has 0 bridgehead atoms. The lowest BCUT2D eigenvalue weighted by molar-refractivity contribution is -0.161. The smallest absolute Gasteiger partial charge is 0.407 e. The molecule has 0 saturated heterocycles. The van der Waals surface area contributed by atoms with E-state index in [1.807, 2.05) is 6.26 Å². The molecule has 0 aliphatic carbocycles. The summed E-state index contributed by atoms with van der Waals surface area (Å²) in [5.41, 5.74) is 1.15. The van der Waals surface area contributed by atoms with E-state index in [4.69, 9.17) is 4.74 Å². The Morgan fingerprint density at radius 2 is 1.51 bits per heavy atom. The Bertz CT molecular complexity index is 1200. The van der Waals surface area contributed by atoms with E-state index in [-0.39, 0.29) is 29.2 Å². The predicted octanol–water partition coefficient (Wildman–Crippen LogP) is 4.78. The molecule has 2 rings (SSSR count). The van der Waals surface area contributed by atoms with Crippen molar-refractivity contribution in [1.29, 1.82) is 0 Å². The Balaban J connectivity index is 2.32. The van der Waals surface area contributed by atoms with Crippen molar-refractivity contribution in [3.8, 4) is 11.1 Å². The Morgan fingerprint density at radius 1 is 0.974 bits per heavy atom. The second-order valence-corrected chi connectivity index (χ2v) is 12.6. The molecule has 7 nitrogen and oxygen atoms in total. The van der Waals surface area contributed by atoms with Gasteiger partial charge in [0.2, 0.25) is 5.91 Å². The maximum Gasteiger partial charge on any atom is 0.407 e. The number of nitrogens with one attached hydrogen (secondary N) is 2. The molecule has 216 valence electrons. The minimum absolute atomic E-state index is 0.0903. The number of ether oxygens (including phenoxy) is 1. The van der Waals surface area contributed by atoms with Gasteiger partial charge in [0.15, 0.2) is 9.84 Å². The summed E-state index contributed by atoms with van der Waals surface area (Å²) in [6, 6.07) is 7.39. The van der Waals surface area contributed by atoms with Gasteiger partial charge in [-0.05, 0) is 59.6 Å². The van der Waals surface area contributed by atoms with E-state index in [1.54, 1.807) is 26.0 Å². The number of carbonyl (C=O) groups is 2. The van der Waals surface area contributed by atoms with E-state index >= 15 is 0 Å². The summed E-state index contributed by atoms with van der Waals surface area (Å²) in [6.45, 7) is 3.58. The number of sulfone groups is 1. The summed E-state index contributed by atoms with van der Waals surface area (Å²) in [5, 5.41) is 5.04. The van der Waals surface area contributed by atoms with Gasteiger partial charge in [0, 0.05) is 6.26 Å². The van der Waals surface area contributed by atoms with Crippen molar-refractivity contribution in [2.75, 3.05) is 25.4 Å². The van der Waals surface area contributed by atoms with E-state index < -0.39 is 46.0 Å². The summed E-state index contributed by atoms with van der Waals surface area (Å²) in [7, 11) is -2.19. The minimum Gasteiger partial charge on any atom is -0.467 e. The van der Waals surface area contributed by atoms with E-state index in [1.165, 1.54) is 55.3 Å². The number of alkyl halides is 3. The second-order valence-electron chi connectivity index (χ2n) is 9.61. The first-order valence-electron chi connectivity index (χ1n) is 12.3. The standard InChI is InChI=1S/C27H35F3N2O5S2/c1-17(2)16-23(25(33)32-22(14-15-38-4)26(34)37-3)31-24(27(28,29)30)20-8-6-18(7-9-20)19-10-12-21(13-11-19)39(5,35)36/h6-13,17,22-24,31H,14-16H2,1-5H3,(H,32,33)/t22-,23-,24-/m0/s1. The molecular weight excluding hydrogens is 553 g/mol. The van der Waals surface area contributed by atoms with Crippen LogP contribution >= 0.6 is 11.8 Å². The highest BCUT2D eigenvalue weighted by molar-refractivity contribution is 7.98. The molecule has 0 aliphatic heterocycles. The lowest BCUT2D eigenvalue weighted by atomic mass is 9.97. The Kier molecular flexibility index (Phi) is 11.9. The lowest BCUT2D eigenvalue weighted by Crippen LogP contribution is -2.53. The fourth-order valence-electron chi connectivity index (χ4n) is 3.96. The van der Waals surface area contributed by atoms with Gasteiger partial charge >= 0.3 is 12.1 Å². The van der Waals surface area contributed by atoms with Gasteiger partial charge in [0.1, 0.15) is 12.1 Å². The molecule has 0 spiro atoms. The van der Waals surface area contributed by atoms with Crippen molar-refractivity contribution in [3.63, 3.8) is 0 Å². The van der Waals surface area contributed by atoms with Gasteiger partial charge in [-0.25, -0.2) is 13.2 Å². The van der Waals surface area contributed by atoms with E-state index in [9.17, 15) is 31.2 Å². The van der Waals surface area contributed by atoms with Crippen molar-refractivity contribution < 1.29 is 35.9 Å². The molecule has 0 fully saturated rings. The molecule has 0 heterocycles. The molecule has 0 aliphatic rings. The van der Waals surface area contributed by atoms with Gasteiger partial charge in [0.25, 0.3) is 0 Å². The summed E-state index contributed by atoms with van der Waals surface area (Å²) in [6.07, 6.45) is -1.39. The van der Waals surface area contributed by atoms with Crippen molar-refractivity contribution in [2.45, 2.75) is 55.9 Å².